The van der Waals surface area contributed by atoms with Crippen LogP contribution >= 0.6 is 0 Å². The van der Waals surface area contributed by atoms with Crippen LogP contribution in [0.5, 0.6) is 11.5 Å². The Morgan fingerprint density at radius 3 is 1.40 bits per heavy atom. The predicted octanol–water partition coefficient (Wildman–Crippen LogP) is 3.99. The van der Waals surface area contributed by atoms with Crippen molar-refractivity contribution >= 4 is 34.1 Å². The largest absolute Gasteiger partial charge is 0.497 e. The molecule has 1 aliphatic heterocycles. The van der Waals surface area contributed by atoms with Gasteiger partial charge in [-0.25, -0.2) is 23.9 Å². The number of fused-ring (bicyclic) bond motifs is 5. The maximum Gasteiger partial charge on any atom is 0.340 e. The summed E-state index contributed by atoms with van der Waals surface area (Å²) in [6, 6.07) is 22.3. The zero-order chi connectivity index (χ0) is 20.7. The van der Waals surface area contributed by atoms with Crippen LogP contribution in [0.3, 0.4) is 0 Å². The molecule has 1 aliphatic rings. The molecule has 0 amide bonds. The molecule has 1 aromatic heterocycles. The summed E-state index contributed by atoms with van der Waals surface area (Å²) >= 11 is 0. The molecule has 4 aromatic rings. The summed E-state index contributed by atoms with van der Waals surface area (Å²) in [4.78, 5) is 22.6. The minimum Gasteiger partial charge on any atom is -0.497 e. The molecule has 5 rings (SSSR count). The second-order valence-corrected chi connectivity index (χ2v) is 6.71. The lowest BCUT2D eigenvalue weighted by Gasteiger charge is -2.12. The third kappa shape index (κ3) is 2.79. The first-order valence-electron chi connectivity index (χ1n) is 9.39. The van der Waals surface area contributed by atoms with E-state index >= 15 is 0 Å². The lowest BCUT2D eigenvalue weighted by atomic mass is 10.2. The highest BCUT2D eigenvalue weighted by Gasteiger charge is 2.32. The van der Waals surface area contributed by atoms with E-state index in [0.29, 0.717) is 23.0 Å². The van der Waals surface area contributed by atoms with Gasteiger partial charge in [-0.05, 0) is 60.7 Å². The van der Waals surface area contributed by atoms with Crippen LogP contribution in [0.4, 0.5) is 11.4 Å². The normalized spacial score (nSPS) is 15.3. The van der Waals surface area contributed by atoms with Crippen molar-refractivity contribution in [3.8, 4) is 11.5 Å². The smallest absolute Gasteiger partial charge is 0.340 e. The Morgan fingerprint density at radius 2 is 1.03 bits per heavy atom. The third-order valence-corrected chi connectivity index (χ3v) is 4.98. The third-order valence-electron chi connectivity index (χ3n) is 4.98. The van der Waals surface area contributed by atoms with Gasteiger partial charge >= 0.3 is 5.69 Å². The predicted molar refractivity (Wildman–Crippen MR) is 117 cm³/mol. The van der Waals surface area contributed by atoms with Gasteiger partial charge in [0.05, 0.1) is 36.6 Å². The number of benzene rings is 3. The first-order valence-corrected chi connectivity index (χ1v) is 9.39. The molecule has 7 nitrogen and oxygen atoms in total. The molecule has 0 unspecified atom stereocenters. The fourth-order valence-electron chi connectivity index (χ4n) is 3.52. The number of para-hydroxylation sites is 2. The summed E-state index contributed by atoms with van der Waals surface area (Å²) in [7, 11) is 3.23. The molecule has 0 saturated heterocycles. The zero-order valence-electron chi connectivity index (χ0n) is 16.4. The van der Waals surface area contributed by atoms with Crippen LogP contribution in [0.2, 0.25) is 0 Å². The molecule has 30 heavy (non-hydrogen) atoms. The minimum absolute atomic E-state index is 0.185. The number of hydrogen-bond donors (Lipinski definition) is 0. The SMILES string of the molecule is COc1ccc(N=C2C(=Nc3ccc(OC)cc3)n3c(=O)n2c2ccccc23)cc1. The lowest BCUT2D eigenvalue weighted by Crippen LogP contribution is -2.24. The fraction of sp³-hybridized carbons (Fsp3) is 0.0870. The topological polar surface area (TPSA) is 70.1 Å². The molecule has 0 aliphatic carbocycles. The average molecular weight is 398 g/mol. The second kappa shape index (κ2) is 7.04. The highest BCUT2D eigenvalue weighted by Crippen LogP contribution is 2.25. The van der Waals surface area contributed by atoms with Gasteiger partial charge in [-0.3, -0.25) is 0 Å². The summed E-state index contributed by atoms with van der Waals surface area (Å²) in [5.74, 6) is 2.45. The van der Waals surface area contributed by atoms with E-state index in [-0.39, 0.29) is 5.69 Å². The number of aromatic nitrogens is 2. The van der Waals surface area contributed by atoms with Gasteiger partial charge in [0.25, 0.3) is 0 Å². The monoisotopic (exact) mass is 398 g/mol. The molecule has 0 atom stereocenters. The van der Waals surface area contributed by atoms with Crippen molar-refractivity contribution in [1.82, 2.24) is 9.13 Å². The average Bonchev–Trinajstić information content (AvgIpc) is 3.22. The molecule has 3 aromatic carbocycles. The van der Waals surface area contributed by atoms with Gasteiger partial charge in [-0.1, -0.05) is 12.1 Å². The van der Waals surface area contributed by atoms with Gasteiger partial charge in [0, 0.05) is 0 Å². The zero-order valence-corrected chi connectivity index (χ0v) is 16.4. The van der Waals surface area contributed by atoms with Crippen molar-refractivity contribution < 1.29 is 9.47 Å². The highest BCUT2D eigenvalue weighted by molar-refractivity contribution is 6.47. The van der Waals surface area contributed by atoms with Crippen LogP contribution in [0.15, 0.2) is 87.6 Å². The Labute approximate surface area is 172 Å². The number of ether oxygens (including phenoxy) is 2. The number of aliphatic imine (C=N–C) groups is 2. The Bertz CT molecular complexity index is 1260. The van der Waals surface area contributed by atoms with Crippen LogP contribution in [0.1, 0.15) is 0 Å². The molecule has 0 fully saturated rings. The van der Waals surface area contributed by atoms with Crippen molar-refractivity contribution in [3.63, 3.8) is 0 Å². The van der Waals surface area contributed by atoms with Gasteiger partial charge in [0.15, 0.2) is 11.7 Å². The molecule has 0 radical (unpaired) electrons. The molecule has 148 valence electrons. The van der Waals surface area contributed by atoms with E-state index in [1.54, 1.807) is 23.4 Å². The minimum atomic E-state index is -0.185. The van der Waals surface area contributed by atoms with E-state index in [4.69, 9.17) is 19.5 Å². The second-order valence-electron chi connectivity index (χ2n) is 6.71. The summed E-state index contributed by atoms with van der Waals surface area (Å²) < 4.78 is 13.6. The lowest BCUT2D eigenvalue weighted by molar-refractivity contribution is 0.414. The molecule has 7 heteroatoms. The number of methoxy groups -OCH3 is 2. The van der Waals surface area contributed by atoms with Crippen LogP contribution in [-0.2, 0) is 0 Å². The Balaban J connectivity index is 1.71. The first kappa shape index (κ1) is 17.9. The molecule has 2 bridgehead atoms. The van der Waals surface area contributed by atoms with Crippen LogP contribution in [-0.4, -0.2) is 35.0 Å². The number of rotatable bonds is 4. The maximum atomic E-state index is 13.1. The number of imidazole rings is 1. The van der Waals surface area contributed by atoms with E-state index in [1.807, 2.05) is 72.8 Å². The molecule has 2 heterocycles. The Kier molecular flexibility index (Phi) is 4.21. The van der Waals surface area contributed by atoms with Crippen LogP contribution in [0, 0.1) is 0 Å². The van der Waals surface area contributed by atoms with Gasteiger partial charge in [0.1, 0.15) is 11.5 Å². The summed E-state index contributed by atoms with van der Waals surface area (Å²) in [6.45, 7) is 0. The van der Waals surface area contributed by atoms with Crippen LogP contribution in [0.25, 0.3) is 11.0 Å². The standard InChI is InChI=1S/C23H18N4O3/c1-29-17-11-7-15(8-12-17)24-21-22(25-16-9-13-18(30-2)14-10-16)27-20-6-4-3-5-19(20)26(21)23(27)28/h3-14H,1-2H3. The van der Waals surface area contributed by atoms with Gasteiger partial charge in [0.2, 0.25) is 0 Å². The molecular formula is C23H18N4O3. The summed E-state index contributed by atoms with van der Waals surface area (Å²) in [5.41, 5.74) is 2.81. The number of hydrogen-bond acceptors (Lipinski definition) is 5. The summed E-state index contributed by atoms with van der Waals surface area (Å²) in [5, 5.41) is 0. The quantitative estimate of drug-likeness (QED) is 0.522. The Morgan fingerprint density at radius 1 is 0.633 bits per heavy atom. The van der Waals surface area contributed by atoms with Crippen molar-refractivity contribution in [2.45, 2.75) is 0 Å². The highest BCUT2D eigenvalue weighted by atomic mass is 16.5. The fourth-order valence-corrected chi connectivity index (χ4v) is 3.52. The van der Waals surface area contributed by atoms with Crippen molar-refractivity contribution in [3.05, 3.63) is 83.3 Å². The van der Waals surface area contributed by atoms with E-state index < -0.39 is 0 Å². The van der Waals surface area contributed by atoms with Crippen molar-refractivity contribution in [2.75, 3.05) is 14.2 Å². The summed E-state index contributed by atoms with van der Waals surface area (Å²) in [6.07, 6.45) is 0. The Hall–Kier alpha value is -4.13. The molecular weight excluding hydrogens is 380 g/mol. The first-order chi connectivity index (χ1) is 14.7. The molecule has 0 saturated carbocycles. The van der Waals surface area contributed by atoms with Gasteiger partial charge in [-0.15, -0.1) is 0 Å². The van der Waals surface area contributed by atoms with Crippen LogP contribution < -0.4 is 15.2 Å². The number of nitrogens with zero attached hydrogens (tertiary/aromatic N) is 4. The molecule has 0 N–H and O–H groups in total. The maximum absolute atomic E-state index is 13.1. The van der Waals surface area contributed by atoms with E-state index in [1.165, 1.54) is 0 Å². The van der Waals surface area contributed by atoms with Gasteiger partial charge < -0.3 is 9.47 Å². The van der Waals surface area contributed by atoms with E-state index in [9.17, 15) is 4.79 Å². The van der Waals surface area contributed by atoms with Gasteiger partial charge in [-0.2, -0.15) is 0 Å². The van der Waals surface area contributed by atoms with E-state index in [2.05, 4.69) is 0 Å². The molecule has 0 spiro atoms. The van der Waals surface area contributed by atoms with Crippen molar-refractivity contribution in [1.29, 1.82) is 0 Å². The van der Waals surface area contributed by atoms with Crippen molar-refractivity contribution in [2.24, 2.45) is 9.98 Å². The van der Waals surface area contributed by atoms with E-state index in [0.717, 1.165) is 22.5 Å².